The van der Waals surface area contributed by atoms with Crippen molar-refractivity contribution in [2.45, 2.75) is 0 Å². The lowest BCUT2D eigenvalue weighted by Gasteiger charge is -2.12. The lowest BCUT2D eigenvalue weighted by Crippen LogP contribution is -1.96. The predicted molar refractivity (Wildman–Crippen MR) is 614 cm³/mol. The molecule has 23 aromatic carbocycles. The average molecular weight is 1880 g/mol. The number of furan rings is 3. The maximum atomic E-state index is 6.39. The smallest absolute Gasteiger partial charge is 0.143 e. The number of rotatable bonds is 11. The molecule has 0 radical (unpaired) electrons. The highest BCUT2D eigenvalue weighted by atomic mass is 16.3. The molecule has 147 heavy (non-hydrogen) atoms. The van der Waals surface area contributed by atoms with Crippen molar-refractivity contribution in [3.05, 3.63) is 522 Å². The van der Waals surface area contributed by atoms with Gasteiger partial charge in [0.1, 0.15) is 33.5 Å². The summed E-state index contributed by atoms with van der Waals surface area (Å²) in [5.74, 6) is 0. The van der Waals surface area contributed by atoms with E-state index < -0.39 is 0 Å². The summed E-state index contributed by atoms with van der Waals surface area (Å²) in [6, 6.07) is 187. The molecule has 9 aromatic heterocycles. The lowest BCUT2D eigenvalue weighted by molar-refractivity contribution is 0.669. The van der Waals surface area contributed by atoms with E-state index in [1.807, 2.05) is 36.4 Å². The molecular formula is C138H86N6O3. The summed E-state index contributed by atoms with van der Waals surface area (Å²) in [5.41, 5.74) is 38.3. The van der Waals surface area contributed by atoms with Crippen LogP contribution in [0.4, 0.5) is 0 Å². The molecule has 0 aliphatic heterocycles. The summed E-state index contributed by atoms with van der Waals surface area (Å²) in [5, 5.41) is 21.9. The minimum Gasteiger partial charge on any atom is -0.455 e. The summed E-state index contributed by atoms with van der Waals surface area (Å²) in [6.07, 6.45) is 0. The monoisotopic (exact) mass is 1870 g/mol. The fourth-order valence-electron chi connectivity index (χ4n) is 23.9. The zero-order valence-electron chi connectivity index (χ0n) is 79.6. The number of hydrogen-bond acceptors (Lipinski definition) is 3. The molecule has 0 N–H and O–H groups in total. The Balaban J connectivity index is 0.000000102. The van der Waals surface area contributed by atoms with Gasteiger partial charge in [0.25, 0.3) is 0 Å². The van der Waals surface area contributed by atoms with Crippen molar-refractivity contribution in [2.75, 3.05) is 0 Å². The van der Waals surface area contributed by atoms with Gasteiger partial charge in [-0.3, -0.25) is 0 Å². The first-order valence-electron chi connectivity index (χ1n) is 50.2. The van der Waals surface area contributed by atoms with E-state index >= 15 is 0 Å². The van der Waals surface area contributed by atoms with Gasteiger partial charge in [-0.05, 0) is 185 Å². The zero-order chi connectivity index (χ0) is 96.4. The van der Waals surface area contributed by atoms with E-state index in [1.165, 1.54) is 153 Å². The van der Waals surface area contributed by atoms with Gasteiger partial charge in [-0.25, -0.2) is 0 Å². The van der Waals surface area contributed by atoms with Crippen molar-refractivity contribution in [1.82, 2.24) is 27.4 Å². The van der Waals surface area contributed by atoms with E-state index in [4.69, 9.17) is 13.3 Å². The Labute approximate surface area is 842 Å². The minimum absolute atomic E-state index is 0.914. The van der Waals surface area contributed by atoms with Gasteiger partial charge in [-0.15, -0.1) is 0 Å². The van der Waals surface area contributed by atoms with Gasteiger partial charge >= 0.3 is 0 Å². The molecule has 686 valence electrons. The fourth-order valence-corrected chi connectivity index (χ4v) is 23.9. The minimum atomic E-state index is 0.914. The normalized spacial score (nSPS) is 11.9. The van der Waals surface area contributed by atoms with Crippen molar-refractivity contribution in [3.8, 4) is 89.8 Å². The second-order valence-corrected chi connectivity index (χ2v) is 38.3. The first kappa shape index (κ1) is 83.1. The Morgan fingerprint density at radius 3 is 0.701 bits per heavy atom. The van der Waals surface area contributed by atoms with Crippen molar-refractivity contribution in [3.63, 3.8) is 0 Å². The van der Waals surface area contributed by atoms with E-state index in [0.717, 1.165) is 133 Å². The van der Waals surface area contributed by atoms with Crippen LogP contribution in [0.2, 0.25) is 0 Å². The predicted octanol–water partition coefficient (Wildman–Crippen LogP) is 37.7. The Hall–Kier alpha value is -19.7. The summed E-state index contributed by atoms with van der Waals surface area (Å²) < 4.78 is 33.7. The van der Waals surface area contributed by atoms with Crippen molar-refractivity contribution in [2.24, 2.45) is 0 Å². The third-order valence-corrected chi connectivity index (χ3v) is 30.4. The van der Waals surface area contributed by atoms with Crippen LogP contribution < -0.4 is 0 Å². The Kier molecular flexibility index (Phi) is 18.9. The quantitative estimate of drug-likeness (QED) is 0.130. The van der Waals surface area contributed by atoms with Crippen LogP contribution in [-0.4, -0.2) is 27.4 Å². The maximum absolute atomic E-state index is 6.39. The molecule has 32 rings (SSSR count). The van der Waals surface area contributed by atoms with Crippen molar-refractivity contribution in [1.29, 1.82) is 0 Å². The highest BCUT2D eigenvalue weighted by Crippen LogP contribution is 2.50. The number of hydrogen-bond donors (Lipinski definition) is 0. The van der Waals surface area contributed by atoms with E-state index in [1.54, 1.807) is 0 Å². The molecule has 0 spiro atoms. The highest BCUT2D eigenvalue weighted by Gasteiger charge is 2.28. The summed E-state index contributed by atoms with van der Waals surface area (Å²) in [6.45, 7) is 0. The van der Waals surface area contributed by atoms with Crippen LogP contribution in [0.15, 0.2) is 535 Å². The van der Waals surface area contributed by atoms with Gasteiger partial charge in [-0.2, -0.15) is 0 Å². The van der Waals surface area contributed by atoms with Crippen LogP contribution >= 0.6 is 0 Å². The van der Waals surface area contributed by atoms with Crippen LogP contribution in [0.1, 0.15) is 0 Å². The molecule has 0 atom stereocenters. The third kappa shape index (κ3) is 13.1. The number of para-hydroxylation sites is 13. The largest absolute Gasteiger partial charge is 0.455 e. The molecule has 0 saturated heterocycles. The lowest BCUT2D eigenvalue weighted by atomic mass is 10.0. The van der Waals surface area contributed by atoms with E-state index in [9.17, 15) is 0 Å². The first-order valence-corrected chi connectivity index (χ1v) is 50.2. The molecule has 9 nitrogen and oxygen atoms in total. The van der Waals surface area contributed by atoms with E-state index in [-0.39, 0.29) is 0 Å². The topological polar surface area (TPSA) is 69.0 Å². The molecule has 0 aliphatic carbocycles. The second-order valence-electron chi connectivity index (χ2n) is 38.3. The van der Waals surface area contributed by atoms with Crippen LogP contribution in [-0.2, 0) is 0 Å². The SMILES string of the molecule is c1ccc(-c2ccc(-n3c4ccccc4c4ccc5c(c6ccccc6n5-c5ccc(-c6cccc7c6oc6ccccc67)cc5)c43)cc2)cc1.c1ccc(-c2cccc(-n3c4ccccc4c4ccc5c(c6ccccc6n5-c5ccc(-c6cccc7c6oc6ccccc67)cc5)c43)c2)cc1.c1ccc(-n2c3ccccc3c3ccc4c(c5ccccc5n4-c4ccc(-c5cccc6c5oc5ccccc56)cc4)c32)cc1. The fraction of sp³-hybridized carbons (Fsp3) is 0. The molecule has 9 heteroatoms. The number of fused-ring (bicyclic) bond motifs is 30. The number of benzene rings is 23. The molecule has 0 bridgehead atoms. The standard InChI is InChI=1S/2C48H30N2O.C42H26N2O/c1-2-12-31(13-3-1)33-14-10-15-35(30-33)50-42-21-7-4-16-37(42)39-28-29-44-46(47(39)50)41-18-5-8-22-43(41)49(44)34-26-24-32(25-27-34)36-19-11-20-40-38-17-6-9-23-45(38)51-48(36)40;1-2-11-31(12-3-1)32-21-25-35(26-22-32)50-42-18-7-4-13-37(42)39-29-30-44-46(47(39)50)41-15-5-8-19-43(41)49(44)34-27-23-33(24-28-34)36-16-10-17-40-38-14-6-9-20-45(38)51-48(36)40;1-2-11-28(12-3-1)44-36-18-7-4-13-31(36)33-25-26-38-40(41(33)44)35-15-5-8-19-37(35)43(38)29-23-21-27(22-24-29)30-16-10-17-34-32-14-6-9-20-39(32)45-42(30)34/h2*1-30H;1-26H. The van der Waals surface area contributed by atoms with Gasteiger partial charge in [0.2, 0.25) is 0 Å². The number of nitrogens with zero attached hydrogens (tertiary/aromatic N) is 6. The Morgan fingerprint density at radius 2 is 0.354 bits per heavy atom. The van der Waals surface area contributed by atoms with Gasteiger partial charge in [0.15, 0.2) is 0 Å². The molecule has 0 saturated carbocycles. The third-order valence-electron chi connectivity index (χ3n) is 30.4. The molecular weight excluding hydrogens is 1790 g/mol. The van der Waals surface area contributed by atoms with E-state index in [0.29, 0.717) is 0 Å². The molecule has 0 amide bonds. The molecule has 0 unspecified atom stereocenters. The van der Waals surface area contributed by atoms with Crippen molar-refractivity contribution < 1.29 is 13.3 Å². The zero-order valence-corrected chi connectivity index (χ0v) is 79.6. The van der Waals surface area contributed by atoms with Crippen LogP contribution in [0.25, 0.3) is 286 Å². The Bertz CT molecular complexity index is 10900. The molecule has 0 fully saturated rings. The Morgan fingerprint density at radius 1 is 0.122 bits per heavy atom. The maximum Gasteiger partial charge on any atom is 0.143 e. The summed E-state index contributed by atoms with van der Waals surface area (Å²) >= 11 is 0. The first-order chi connectivity index (χ1) is 73.0. The average Bonchev–Trinajstić information content (AvgIpc) is 1.55. The van der Waals surface area contributed by atoms with Gasteiger partial charge in [-0.1, -0.05) is 376 Å². The van der Waals surface area contributed by atoms with Crippen LogP contribution in [0, 0.1) is 0 Å². The van der Waals surface area contributed by atoms with Gasteiger partial charge in [0.05, 0.1) is 66.2 Å². The molecule has 0 aliphatic rings. The van der Waals surface area contributed by atoms with Crippen LogP contribution in [0.3, 0.4) is 0 Å². The van der Waals surface area contributed by atoms with E-state index in [2.05, 4.69) is 513 Å². The van der Waals surface area contributed by atoms with Crippen LogP contribution in [0.5, 0.6) is 0 Å². The molecule has 32 aromatic rings. The summed E-state index contributed by atoms with van der Waals surface area (Å²) in [7, 11) is 0. The van der Waals surface area contributed by atoms with Gasteiger partial charge in [0, 0.05) is 148 Å². The second kappa shape index (κ2) is 33.5. The van der Waals surface area contributed by atoms with Gasteiger partial charge < -0.3 is 40.7 Å². The number of aromatic nitrogens is 6. The molecule has 9 heterocycles. The van der Waals surface area contributed by atoms with Crippen molar-refractivity contribution >= 4 is 197 Å². The summed E-state index contributed by atoms with van der Waals surface area (Å²) in [4.78, 5) is 0. The highest BCUT2D eigenvalue weighted by molar-refractivity contribution is 6.30.